The molecule has 0 fully saturated rings. The molecule has 0 spiro atoms. The molecule has 2 rings (SSSR count). The van der Waals surface area contributed by atoms with Gasteiger partial charge in [-0.05, 0) is 24.2 Å². The van der Waals surface area contributed by atoms with Crippen LogP contribution in [0.15, 0.2) is 54.9 Å². The predicted molar refractivity (Wildman–Crippen MR) is 75.7 cm³/mol. The molecule has 0 saturated carbocycles. The lowest BCUT2D eigenvalue weighted by Gasteiger charge is -2.15. The van der Waals surface area contributed by atoms with Gasteiger partial charge in [-0.2, -0.15) is 0 Å². The molecular formula is C16H18N2O. The van der Waals surface area contributed by atoms with Crippen LogP contribution < -0.4 is 0 Å². The van der Waals surface area contributed by atoms with E-state index in [0.717, 1.165) is 17.7 Å². The Morgan fingerprint density at radius 2 is 1.84 bits per heavy atom. The largest absolute Gasteiger partial charge is 0.298 e. The van der Waals surface area contributed by atoms with Crippen molar-refractivity contribution in [3.05, 3.63) is 66.0 Å². The monoisotopic (exact) mass is 254 g/mol. The smallest absolute Gasteiger partial charge is 0.151 e. The number of carbonyl (C=O) groups is 1. The molecule has 1 aromatic carbocycles. The summed E-state index contributed by atoms with van der Waals surface area (Å²) in [5.74, 6) is 0.234. The Morgan fingerprint density at radius 3 is 2.53 bits per heavy atom. The van der Waals surface area contributed by atoms with E-state index in [1.165, 1.54) is 0 Å². The van der Waals surface area contributed by atoms with Crippen LogP contribution in [-0.2, 0) is 17.8 Å². The number of carbonyl (C=O) groups excluding carboxylic acids is 1. The van der Waals surface area contributed by atoms with Crippen molar-refractivity contribution in [3.63, 3.8) is 0 Å². The van der Waals surface area contributed by atoms with Crippen LogP contribution in [0.3, 0.4) is 0 Å². The topological polar surface area (TPSA) is 33.2 Å². The van der Waals surface area contributed by atoms with Crippen molar-refractivity contribution in [2.24, 2.45) is 0 Å². The van der Waals surface area contributed by atoms with Crippen LogP contribution in [0.4, 0.5) is 0 Å². The highest BCUT2D eigenvalue weighted by atomic mass is 16.1. The Balaban J connectivity index is 1.82. The van der Waals surface area contributed by atoms with Crippen molar-refractivity contribution in [2.45, 2.75) is 13.0 Å². The van der Waals surface area contributed by atoms with E-state index < -0.39 is 0 Å². The van der Waals surface area contributed by atoms with E-state index >= 15 is 0 Å². The van der Waals surface area contributed by atoms with Crippen molar-refractivity contribution in [1.29, 1.82) is 0 Å². The summed E-state index contributed by atoms with van der Waals surface area (Å²) in [5.41, 5.74) is 2.19. The van der Waals surface area contributed by atoms with Gasteiger partial charge in [0.1, 0.15) is 0 Å². The van der Waals surface area contributed by atoms with Gasteiger partial charge in [-0.3, -0.25) is 14.7 Å². The number of nitrogens with zero attached hydrogens (tertiary/aromatic N) is 2. The number of hydrogen-bond donors (Lipinski definition) is 0. The highest BCUT2D eigenvalue weighted by molar-refractivity contribution is 5.82. The van der Waals surface area contributed by atoms with E-state index in [9.17, 15) is 4.79 Å². The molecule has 0 radical (unpaired) electrons. The average Bonchev–Trinajstić information content (AvgIpc) is 2.40. The standard InChI is InChI=1S/C16H18N2O/c1-18(12-15-8-5-9-17-11-15)13-16(19)10-14-6-3-2-4-7-14/h2-9,11H,10,12-13H2,1H3. The van der Waals surface area contributed by atoms with Gasteiger partial charge in [0.05, 0.1) is 6.54 Å². The van der Waals surface area contributed by atoms with Crippen LogP contribution in [0.5, 0.6) is 0 Å². The zero-order valence-electron chi connectivity index (χ0n) is 11.1. The molecule has 0 amide bonds. The number of pyridine rings is 1. The zero-order chi connectivity index (χ0) is 13.5. The maximum Gasteiger partial charge on any atom is 0.151 e. The van der Waals surface area contributed by atoms with Crippen molar-refractivity contribution in [3.8, 4) is 0 Å². The highest BCUT2D eigenvalue weighted by Gasteiger charge is 2.08. The Bertz CT molecular complexity index is 511. The highest BCUT2D eigenvalue weighted by Crippen LogP contribution is 2.03. The number of aromatic nitrogens is 1. The van der Waals surface area contributed by atoms with Crippen molar-refractivity contribution in [1.82, 2.24) is 9.88 Å². The maximum atomic E-state index is 12.0. The minimum absolute atomic E-state index is 0.234. The van der Waals surface area contributed by atoms with Crippen molar-refractivity contribution in [2.75, 3.05) is 13.6 Å². The predicted octanol–water partition coefficient (Wildman–Crippen LogP) is 2.33. The fraction of sp³-hybridized carbons (Fsp3) is 0.250. The first-order valence-electron chi connectivity index (χ1n) is 6.37. The second-order valence-corrected chi connectivity index (χ2v) is 4.73. The van der Waals surface area contributed by atoms with Crippen LogP contribution in [0, 0.1) is 0 Å². The third-order valence-electron chi connectivity index (χ3n) is 2.87. The van der Waals surface area contributed by atoms with E-state index in [0.29, 0.717) is 13.0 Å². The summed E-state index contributed by atoms with van der Waals surface area (Å²) in [5, 5.41) is 0. The lowest BCUT2D eigenvalue weighted by molar-refractivity contribution is -0.119. The van der Waals surface area contributed by atoms with Crippen LogP contribution in [0.25, 0.3) is 0 Å². The second kappa shape index (κ2) is 6.81. The number of hydrogen-bond acceptors (Lipinski definition) is 3. The van der Waals surface area contributed by atoms with Gasteiger partial charge in [-0.1, -0.05) is 36.4 Å². The summed E-state index contributed by atoms with van der Waals surface area (Å²) in [6.07, 6.45) is 4.08. The fourth-order valence-electron chi connectivity index (χ4n) is 2.04. The molecule has 19 heavy (non-hydrogen) atoms. The Morgan fingerprint density at radius 1 is 1.11 bits per heavy atom. The van der Waals surface area contributed by atoms with Crippen LogP contribution >= 0.6 is 0 Å². The van der Waals surface area contributed by atoms with Crippen molar-refractivity contribution < 1.29 is 4.79 Å². The molecule has 0 unspecified atom stereocenters. The van der Waals surface area contributed by atoms with Gasteiger partial charge in [0, 0.05) is 25.4 Å². The number of Topliss-reactive ketones (excluding diaryl/α,β-unsaturated/α-hetero) is 1. The van der Waals surface area contributed by atoms with E-state index in [1.807, 2.05) is 60.6 Å². The molecule has 0 N–H and O–H groups in total. The molecule has 2 aromatic rings. The third kappa shape index (κ3) is 4.64. The quantitative estimate of drug-likeness (QED) is 0.793. The molecular weight excluding hydrogens is 236 g/mol. The van der Waals surface area contributed by atoms with Crippen LogP contribution in [0.2, 0.25) is 0 Å². The first-order chi connectivity index (χ1) is 9.24. The number of likely N-dealkylation sites (N-methyl/N-ethyl adjacent to an activating group) is 1. The van der Waals surface area contributed by atoms with Gasteiger partial charge >= 0.3 is 0 Å². The summed E-state index contributed by atoms with van der Waals surface area (Å²) < 4.78 is 0. The molecule has 0 aliphatic heterocycles. The average molecular weight is 254 g/mol. The lowest BCUT2D eigenvalue weighted by atomic mass is 10.1. The summed E-state index contributed by atoms with van der Waals surface area (Å²) in [7, 11) is 1.95. The SMILES string of the molecule is CN(CC(=O)Cc1ccccc1)Cc1cccnc1. The van der Waals surface area contributed by atoms with Gasteiger partial charge in [-0.15, -0.1) is 0 Å². The lowest BCUT2D eigenvalue weighted by Crippen LogP contribution is -2.26. The Hall–Kier alpha value is -2.00. The Kier molecular flexibility index (Phi) is 4.81. The normalized spacial score (nSPS) is 10.6. The minimum Gasteiger partial charge on any atom is -0.298 e. The van der Waals surface area contributed by atoms with Crippen LogP contribution in [0.1, 0.15) is 11.1 Å². The van der Waals surface area contributed by atoms with Gasteiger partial charge in [0.2, 0.25) is 0 Å². The molecule has 0 atom stereocenters. The molecule has 0 bridgehead atoms. The molecule has 1 heterocycles. The van der Waals surface area contributed by atoms with E-state index in [4.69, 9.17) is 0 Å². The van der Waals surface area contributed by atoms with Gasteiger partial charge < -0.3 is 0 Å². The molecule has 3 heteroatoms. The molecule has 0 saturated heterocycles. The first kappa shape index (κ1) is 13.4. The van der Waals surface area contributed by atoms with Gasteiger partial charge in [0.15, 0.2) is 5.78 Å². The van der Waals surface area contributed by atoms with E-state index in [-0.39, 0.29) is 5.78 Å². The number of rotatable bonds is 6. The fourth-order valence-corrected chi connectivity index (χ4v) is 2.04. The van der Waals surface area contributed by atoms with Crippen molar-refractivity contribution >= 4 is 5.78 Å². The number of benzene rings is 1. The summed E-state index contributed by atoms with van der Waals surface area (Å²) >= 11 is 0. The van der Waals surface area contributed by atoms with Gasteiger partial charge in [0.25, 0.3) is 0 Å². The number of ketones is 1. The summed E-state index contributed by atoms with van der Waals surface area (Å²) in [6, 6.07) is 13.8. The third-order valence-corrected chi connectivity index (χ3v) is 2.87. The van der Waals surface area contributed by atoms with Gasteiger partial charge in [-0.25, -0.2) is 0 Å². The second-order valence-electron chi connectivity index (χ2n) is 4.73. The molecule has 0 aliphatic rings. The summed E-state index contributed by atoms with van der Waals surface area (Å²) in [6.45, 7) is 1.21. The molecule has 0 aliphatic carbocycles. The Labute approximate surface area is 113 Å². The molecule has 98 valence electrons. The first-order valence-corrected chi connectivity index (χ1v) is 6.37. The van der Waals surface area contributed by atoms with Crippen LogP contribution in [-0.4, -0.2) is 29.3 Å². The minimum atomic E-state index is 0.234. The van der Waals surface area contributed by atoms with E-state index in [2.05, 4.69) is 4.98 Å². The zero-order valence-corrected chi connectivity index (χ0v) is 11.1. The van der Waals surface area contributed by atoms with E-state index in [1.54, 1.807) is 6.20 Å². The molecule has 1 aromatic heterocycles. The summed E-state index contributed by atoms with van der Waals surface area (Å²) in [4.78, 5) is 18.0. The maximum absolute atomic E-state index is 12.0. The molecule has 3 nitrogen and oxygen atoms in total.